The number of aryl methyl sites for hydroxylation is 1. The van der Waals surface area contributed by atoms with Crippen LogP contribution >= 0.6 is 0 Å². The molecule has 0 spiro atoms. The number of rotatable bonds is 6. The lowest BCUT2D eigenvalue weighted by molar-refractivity contribution is -0.130. The van der Waals surface area contributed by atoms with E-state index in [1.807, 2.05) is 37.7 Å². The van der Waals surface area contributed by atoms with Crippen molar-refractivity contribution in [2.75, 3.05) is 19.6 Å². The predicted molar refractivity (Wildman–Crippen MR) is 120 cm³/mol. The summed E-state index contributed by atoms with van der Waals surface area (Å²) in [6, 6.07) is 8.91. The molecule has 4 rings (SSSR count). The highest BCUT2D eigenvalue weighted by Crippen LogP contribution is 2.24. The van der Waals surface area contributed by atoms with Gasteiger partial charge in [-0.25, -0.2) is 4.39 Å². The second-order valence-corrected chi connectivity index (χ2v) is 9.22. The van der Waals surface area contributed by atoms with Crippen LogP contribution in [0.25, 0.3) is 11.3 Å². The van der Waals surface area contributed by atoms with Gasteiger partial charge in [0, 0.05) is 57.3 Å². The molecule has 2 amide bonds. The highest BCUT2D eigenvalue weighted by atomic mass is 19.1. The van der Waals surface area contributed by atoms with Crippen LogP contribution in [0.15, 0.2) is 30.3 Å². The molecule has 2 fully saturated rings. The molecule has 2 aromatic rings. The topological polar surface area (TPSA) is 70.5 Å². The third kappa shape index (κ3) is 4.85. The molecule has 1 aromatic carbocycles. The van der Waals surface area contributed by atoms with Crippen molar-refractivity contribution in [2.24, 2.45) is 13.0 Å². The number of hydrogen-bond donors (Lipinski definition) is 1. The smallest absolute Gasteiger partial charge is 0.225 e. The van der Waals surface area contributed by atoms with Gasteiger partial charge in [-0.2, -0.15) is 5.10 Å². The molecule has 1 unspecified atom stereocenters. The first kappa shape index (κ1) is 22.5. The van der Waals surface area contributed by atoms with Crippen molar-refractivity contribution in [1.82, 2.24) is 24.9 Å². The van der Waals surface area contributed by atoms with Gasteiger partial charge < -0.3 is 10.2 Å². The molecule has 0 aliphatic carbocycles. The molecule has 2 aliphatic heterocycles. The zero-order chi connectivity index (χ0) is 22.8. The van der Waals surface area contributed by atoms with Gasteiger partial charge >= 0.3 is 0 Å². The molecule has 1 aromatic heterocycles. The first-order valence-corrected chi connectivity index (χ1v) is 11.4. The van der Waals surface area contributed by atoms with Crippen LogP contribution in [0.4, 0.5) is 4.39 Å². The summed E-state index contributed by atoms with van der Waals surface area (Å²) in [7, 11) is 1.88. The minimum atomic E-state index is -0.269. The first-order chi connectivity index (χ1) is 15.3. The molecule has 0 bridgehead atoms. The predicted octanol–water partition coefficient (Wildman–Crippen LogP) is 2.56. The molecular formula is C24H32FN5O2. The van der Waals surface area contributed by atoms with E-state index in [-0.39, 0.29) is 35.6 Å². The number of amides is 2. The maximum Gasteiger partial charge on any atom is 0.225 e. The summed E-state index contributed by atoms with van der Waals surface area (Å²) in [5.41, 5.74) is 2.19. The van der Waals surface area contributed by atoms with Crippen molar-refractivity contribution in [3.8, 4) is 11.3 Å². The Kier molecular flexibility index (Phi) is 6.60. The van der Waals surface area contributed by atoms with Gasteiger partial charge in [0.2, 0.25) is 11.8 Å². The number of hydrogen-bond acceptors (Lipinski definition) is 4. The third-order valence-electron chi connectivity index (χ3n) is 6.60. The molecule has 3 heterocycles. The fourth-order valence-corrected chi connectivity index (χ4v) is 4.64. The molecule has 7 nitrogen and oxygen atoms in total. The summed E-state index contributed by atoms with van der Waals surface area (Å²) in [6.07, 6.45) is 2.06. The van der Waals surface area contributed by atoms with Crippen molar-refractivity contribution < 1.29 is 14.0 Å². The lowest BCUT2D eigenvalue weighted by Gasteiger charge is -2.32. The van der Waals surface area contributed by atoms with Gasteiger partial charge in [-0.3, -0.25) is 19.2 Å². The van der Waals surface area contributed by atoms with Crippen molar-refractivity contribution >= 4 is 11.8 Å². The average Bonchev–Trinajstić information content (AvgIpc) is 3.32. The average molecular weight is 442 g/mol. The molecule has 32 heavy (non-hydrogen) atoms. The number of likely N-dealkylation sites (tertiary alicyclic amines) is 2. The van der Waals surface area contributed by atoms with Crippen LogP contribution in [0, 0.1) is 11.7 Å². The molecule has 8 heteroatoms. The zero-order valence-corrected chi connectivity index (χ0v) is 19.1. The van der Waals surface area contributed by atoms with E-state index < -0.39 is 0 Å². The quantitative estimate of drug-likeness (QED) is 0.748. The summed E-state index contributed by atoms with van der Waals surface area (Å²) < 4.78 is 15.9. The lowest BCUT2D eigenvalue weighted by Crippen LogP contribution is -2.46. The number of aromatic nitrogens is 2. The van der Waals surface area contributed by atoms with E-state index in [0.29, 0.717) is 24.2 Å². The minimum absolute atomic E-state index is 0.00103. The van der Waals surface area contributed by atoms with Crippen LogP contribution in [-0.2, 0) is 23.2 Å². The summed E-state index contributed by atoms with van der Waals surface area (Å²) >= 11 is 0. The van der Waals surface area contributed by atoms with E-state index >= 15 is 0 Å². The Morgan fingerprint density at radius 3 is 2.62 bits per heavy atom. The van der Waals surface area contributed by atoms with Crippen molar-refractivity contribution in [1.29, 1.82) is 0 Å². The summed E-state index contributed by atoms with van der Waals surface area (Å²) in [5, 5.41) is 7.66. The van der Waals surface area contributed by atoms with E-state index in [1.54, 1.807) is 17.0 Å². The van der Waals surface area contributed by atoms with E-state index in [2.05, 4.69) is 15.3 Å². The standard InChI is InChI=1S/C24H32FN5O2/c1-16(2)30-14-17(12-23(30)31)24(32)26-18-8-10-29(11-9-18)15-19-13-22(27-28(19)3)20-6-4-5-7-21(20)25/h4-7,13,16-18H,8-12,14-15H2,1-3H3,(H,26,32). The van der Waals surface area contributed by atoms with Crippen LogP contribution in [0.3, 0.4) is 0 Å². The van der Waals surface area contributed by atoms with Gasteiger partial charge in [0.1, 0.15) is 5.82 Å². The van der Waals surface area contributed by atoms with Gasteiger partial charge in [0.25, 0.3) is 0 Å². The second kappa shape index (κ2) is 9.40. The number of carbonyl (C=O) groups excluding carboxylic acids is 2. The van der Waals surface area contributed by atoms with Crippen LogP contribution in [0.2, 0.25) is 0 Å². The number of nitrogens with zero attached hydrogens (tertiary/aromatic N) is 4. The minimum Gasteiger partial charge on any atom is -0.353 e. The van der Waals surface area contributed by atoms with Gasteiger partial charge in [-0.1, -0.05) is 12.1 Å². The monoisotopic (exact) mass is 441 g/mol. The molecule has 1 atom stereocenters. The van der Waals surface area contributed by atoms with Gasteiger partial charge in [-0.15, -0.1) is 0 Å². The lowest BCUT2D eigenvalue weighted by atomic mass is 10.0. The molecule has 0 saturated carbocycles. The molecule has 2 aliphatic rings. The first-order valence-electron chi connectivity index (χ1n) is 11.4. The Morgan fingerprint density at radius 1 is 1.25 bits per heavy atom. The summed E-state index contributed by atoms with van der Waals surface area (Å²) in [4.78, 5) is 28.9. The molecule has 172 valence electrons. The maximum absolute atomic E-state index is 14.1. The largest absolute Gasteiger partial charge is 0.353 e. The van der Waals surface area contributed by atoms with E-state index in [4.69, 9.17) is 0 Å². The van der Waals surface area contributed by atoms with E-state index in [9.17, 15) is 14.0 Å². The fraction of sp³-hybridized carbons (Fsp3) is 0.542. The van der Waals surface area contributed by atoms with Crippen LogP contribution in [0.1, 0.15) is 38.8 Å². The maximum atomic E-state index is 14.1. The van der Waals surface area contributed by atoms with E-state index in [0.717, 1.165) is 38.2 Å². The van der Waals surface area contributed by atoms with Gasteiger partial charge in [0.05, 0.1) is 17.3 Å². The number of benzene rings is 1. The Morgan fingerprint density at radius 2 is 1.97 bits per heavy atom. The number of nitrogens with one attached hydrogen (secondary N) is 1. The highest BCUT2D eigenvalue weighted by molar-refractivity contribution is 5.89. The second-order valence-electron chi connectivity index (χ2n) is 9.22. The van der Waals surface area contributed by atoms with Gasteiger partial charge in [0.15, 0.2) is 0 Å². The number of piperidine rings is 1. The number of carbonyl (C=O) groups is 2. The fourth-order valence-electron chi connectivity index (χ4n) is 4.64. The molecule has 1 N–H and O–H groups in total. The SMILES string of the molecule is CC(C)N1CC(C(=O)NC2CCN(Cc3cc(-c4ccccc4F)nn3C)CC2)CC1=O. The van der Waals surface area contributed by atoms with Crippen LogP contribution in [-0.4, -0.2) is 63.1 Å². The van der Waals surface area contributed by atoms with Crippen LogP contribution in [0.5, 0.6) is 0 Å². The Labute approximate surface area is 188 Å². The summed E-state index contributed by atoms with van der Waals surface area (Å²) in [6.45, 7) is 6.95. The third-order valence-corrected chi connectivity index (χ3v) is 6.60. The normalized spacial score (nSPS) is 20.3. The molecule has 2 saturated heterocycles. The Hall–Kier alpha value is -2.74. The highest BCUT2D eigenvalue weighted by Gasteiger charge is 2.36. The van der Waals surface area contributed by atoms with Gasteiger partial charge in [-0.05, 0) is 44.9 Å². The van der Waals surface area contributed by atoms with Crippen molar-refractivity contribution in [3.05, 3.63) is 41.8 Å². The molecular weight excluding hydrogens is 409 g/mol. The van der Waals surface area contributed by atoms with E-state index in [1.165, 1.54) is 6.07 Å². The van der Waals surface area contributed by atoms with Crippen molar-refractivity contribution in [2.45, 2.75) is 51.7 Å². The summed E-state index contributed by atoms with van der Waals surface area (Å²) in [5.74, 6) is -0.439. The zero-order valence-electron chi connectivity index (χ0n) is 19.1. The number of halogens is 1. The Bertz CT molecular complexity index is 981. The Balaban J connectivity index is 1.28. The molecule has 0 radical (unpaired) electrons. The van der Waals surface area contributed by atoms with Crippen LogP contribution < -0.4 is 5.32 Å². The van der Waals surface area contributed by atoms with Crippen molar-refractivity contribution in [3.63, 3.8) is 0 Å².